The molecule has 0 atom stereocenters. The lowest BCUT2D eigenvalue weighted by atomic mass is 9.81. The number of benzene rings is 1. The molecule has 1 fully saturated rings. The van der Waals surface area contributed by atoms with Gasteiger partial charge in [-0.15, -0.1) is 0 Å². The molecule has 0 bridgehead atoms. The topological polar surface area (TPSA) is 58.2 Å². The monoisotopic (exact) mass is 322 g/mol. The van der Waals surface area contributed by atoms with Crippen LogP contribution < -0.4 is 10.6 Å². The maximum atomic E-state index is 12.3. The first kappa shape index (κ1) is 16.8. The first-order valence-electron chi connectivity index (χ1n) is 7.83. The first-order chi connectivity index (χ1) is 10.5. The van der Waals surface area contributed by atoms with E-state index < -0.39 is 0 Å². The number of anilines is 1. The van der Waals surface area contributed by atoms with Crippen molar-refractivity contribution in [3.63, 3.8) is 0 Å². The molecule has 4 nitrogen and oxygen atoms in total. The standard InChI is InChI=1S/C17H23ClN2O2/c1-11(2)19-16(21)12-7-9-13(10-8-12)17(22)20-15-6-4-3-5-14(15)18/h3-6,11-13H,7-10H2,1-2H3,(H,19,21)(H,20,22). The largest absolute Gasteiger partial charge is 0.354 e. The summed E-state index contributed by atoms with van der Waals surface area (Å²) in [5.74, 6) is 0.0990. The van der Waals surface area contributed by atoms with E-state index in [4.69, 9.17) is 11.6 Å². The normalized spacial score (nSPS) is 21.5. The third kappa shape index (κ3) is 4.47. The number of carbonyl (C=O) groups excluding carboxylic acids is 2. The summed E-state index contributed by atoms with van der Waals surface area (Å²) >= 11 is 6.05. The molecule has 0 aliphatic heterocycles. The zero-order chi connectivity index (χ0) is 16.1. The van der Waals surface area contributed by atoms with E-state index in [1.165, 1.54) is 0 Å². The van der Waals surface area contributed by atoms with Crippen molar-refractivity contribution in [2.45, 2.75) is 45.6 Å². The van der Waals surface area contributed by atoms with Crippen LogP contribution in [0.5, 0.6) is 0 Å². The van der Waals surface area contributed by atoms with Gasteiger partial charge >= 0.3 is 0 Å². The summed E-state index contributed by atoms with van der Waals surface area (Å²) in [6, 6.07) is 7.38. The molecule has 1 aliphatic carbocycles. The Morgan fingerprint density at radius 3 is 2.14 bits per heavy atom. The van der Waals surface area contributed by atoms with Crippen LogP contribution in [0.25, 0.3) is 0 Å². The first-order valence-corrected chi connectivity index (χ1v) is 8.21. The third-order valence-electron chi connectivity index (χ3n) is 4.03. The van der Waals surface area contributed by atoms with Gasteiger partial charge in [-0.2, -0.15) is 0 Å². The summed E-state index contributed by atoms with van der Waals surface area (Å²) in [4.78, 5) is 24.3. The highest BCUT2D eigenvalue weighted by molar-refractivity contribution is 6.33. The van der Waals surface area contributed by atoms with Crippen molar-refractivity contribution in [3.05, 3.63) is 29.3 Å². The zero-order valence-electron chi connectivity index (χ0n) is 13.1. The Balaban J connectivity index is 1.85. The van der Waals surface area contributed by atoms with Crippen LogP contribution in [0.4, 0.5) is 5.69 Å². The Hall–Kier alpha value is -1.55. The van der Waals surface area contributed by atoms with Gasteiger partial charge in [-0.25, -0.2) is 0 Å². The molecule has 2 amide bonds. The SMILES string of the molecule is CC(C)NC(=O)C1CCC(C(=O)Nc2ccccc2Cl)CC1. The van der Waals surface area contributed by atoms with Gasteiger partial charge in [0, 0.05) is 17.9 Å². The quantitative estimate of drug-likeness (QED) is 0.889. The van der Waals surface area contributed by atoms with E-state index in [9.17, 15) is 9.59 Å². The molecule has 0 saturated heterocycles. The van der Waals surface area contributed by atoms with Gasteiger partial charge in [0.2, 0.25) is 11.8 Å². The van der Waals surface area contributed by atoms with Gasteiger partial charge < -0.3 is 10.6 Å². The minimum atomic E-state index is -0.0422. The summed E-state index contributed by atoms with van der Waals surface area (Å²) in [7, 11) is 0. The Bertz CT molecular complexity index is 537. The summed E-state index contributed by atoms with van der Waals surface area (Å²) in [5.41, 5.74) is 0.647. The fourth-order valence-electron chi connectivity index (χ4n) is 2.82. The van der Waals surface area contributed by atoms with Crippen molar-refractivity contribution in [2.24, 2.45) is 11.8 Å². The van der Waals surface area contributed by atoms with Crippen LogP contribution in [-0.2, 0) is 9.59 Å². The molecule has 0 aromatic heterocycles. The van der Waals surface area contributed by atoms with Crippen LogP contribution in [0.15, 0.2) is 24.3 Å². The van der Waals surface area contributed by atoms with Crippen LogP contribution in [0, 0.1) is 11.8 Å². The van der Waals surface area contributed by atoms with E-state index >= 15 is 0 Å². The highest BCUT2D eigenvalue weighted by atomic mass is 35.5. The minimum absolute atomic E-state index is 0.00387. The number of amides is 2. The fourth-order valence-corrected chi connectivity index (χ4v) is 3.00. The Kier molecular flexibility index (Phi) is 5.83. The van der Waals surface area contributed by atoms with Gasteiger partial charge in [0.05, 0.1) is 10.7 Å². The molecule has 5 heteroatoms. The van der Waals surface area contributed by atoms with Crippen LogP contribution in [0.2, 0.25) is 5.02 Å². The Labute approximate surface area is 136 Å². The Morgan fingerprint density at radius 1 is 1.05 bits per heavy atom. The molecule has 0 heterocycles. The maximum absolute atomic E-state index is 12.3. The summed E-state index contributed by atoms with van der Waals surface area (Å²) in [6.45, 7) is 3.92. The van der Waals surface area contributed by atoms with Gasteiger partial charge in [-0.1, -0.05) is 23.7 Å². The van der Waals surface area contributed by atoms with Crippen molar-refractivity contribution in [2.75, 3.05) is 5.32 Å². The molecule has 1 aromatic rings. The van der Waals surface area contributed by atoms with E-state index in [0.29, 0.717) is 10.7 Å². The molecule has 0 spiro atoms. The lowest BCUT2D eigenvalue weighted by Crippen LogP contribution is -2.38. The molecule has 0 radical (unpaired) electrons. The van der Waals surface area contributed by atoms with E-state index in [0.717, 1.165) is 25.7 Å². The number of carbonyl (C=O) groups is 2. The van der Waals surface area contributed by atoms with Gasteiger partial charge in [-0.05, 0) is 51.7 Å². The number of nitrogens with one attached hydrogen (secondary N) is 2. The average molecular weight is 323 g/mol. The predicted octanol–water partition coefficient (Wildman–Crippen LogP) is 3.61. The van der Waals surface area contributed by atoms with E-state index in [1.807, 2.05) is 26.0 Å². The zero-order valence-corrected chi connectivity index (χ0v) is 13.8. The number of para-hydroxylation sites is 1. The molecule has 2 N–H and O–H groups in total. The van der Waals surface area contributed by atoms with Crippen LogP contribution >= 0.6 is 11.6 Å². The minimum Gasteiger partial charge on any atom is -0.354 e. The Morgan fingerprint density at radius 2 is 1.59 bits per heavy atom. The van der Waals surface area contributed by atoms with E-state index in [1.54, 1.807) is 12.1 Å². The summed E-state index contributed by atoms with van der Waals surface area (Å²) in [5, 5.41) is 6.37. The molecule has 0 unspecified atom stereocenters. The van der Waals surface area contributed by atoms with Crippen molar-refractivity contribution in [1.29, 1.82) is 0 Å². The fraction of sp³-hybridized carbons (Fsp3) is 0.529. The highest BCUT2D eigenvalue weighted by Gasteiger charge is 2.30. The van der Waals surface area contributed by atoms with Crippen molar-refractivity contribution in [1.82, 2.24) is 5.32 Å². The van der Waals surface area contributed by atoms with Crippen LogP contribution in [0.1, 0.15) is 39.5 Å². The number of rotatable bonds is 4. The molecule has 1 aliphatic rings. The smallest absolute Gasteiger partial charge is 0.227 e. The van der Waals surface area contributed by atoms with Crippen molar-refractivity contribution >= 4 is 29.1 Å². The van der Waals surface area contributed by atoms with Crippen molar-refractivity contribution in [3.8, 4) is 0 Å². The number of hydrogen-bond acceptors (Lipinski definition) is 2. The number of halogens is 1. The van der Waals surface area contributed by atoms with Crippen LogP contribution in [-0.4, -0.2) is 17.9 Å². The van der Waals surface area contributed by atoms with Crippen molar-refractivity contribution < 1.29 is 9.59 Å². The molecule has 1 saturated carbocycles. The molecular formula is C17H23ClN2O2. The molecule has 1 aromatic carbocycles. The highest BCUT2D eigenvalue weighted by Crippen LogP contribution is 2.30. The summed E-state index contributed by atoms with van der Waals surface area (Å²) in [6.07, 6.45) is 3.01. The van der Waals surface area contributed by atoms with Crippen LogP contribution in [0.3, 0.4) is 0 Å². The predicted molar refractivity (Wildman–Crippen MR) is 88.8 cm³/mol. The molecular weight excluding hydrogens is 300 g/mol. The summed E-state index contributed by atoms with van der Waals surface area (Å²) < 4.78 is 0. The van der Waals surface area contributed by atoms with Gasteiger partial charge in [0.25, 0.3) is 0 Å². The number of hydrogen-bond donors (Lipinski definition) is 2. The van der Waals surface area contributed by atoms with Gasteiger partial charge in [0.1, 0.15) is 0 Å². The van der Waals surface area contributed by atoms with E-state index in [-0.39, 0.29) is 29.7 Å². The second-order valence-electron chi connectivity index (χ2n) is 6.18. The van der Waals surface area contributed by atoms with Gasteiger partial charge in [-0.3, -0.25) is 9.59 Å². The maximum Gasteiger partial charge on any atom is 0.227 e. The molecule has 2 rings (SSSR count). The lowest BCUT2D eigenvalue weighted by Gasteiger charge is -2.27. The molecule has 120 valence electrons. The van der Waals surface area contributed by atoms with E-state index in [2.05, 4.69) is 10.6 Å². The second-order valence-corrected chi connectivity index (χ2v) is 6.59. The third-order valence-corrected chi connectivity index (χ3v) is 4.36. The van der Waals surface area contributed by atoms with Gasteiger partial charge in [0.15, 0.2) is 0 Å². The molecule has 22 heavy (non-hydrogen) atoms. The average Bonchev–Trinajstić information content (AvgIpc) is 2.49. The lowest BCUT2D eigenvalue weighted by molar-refractivity contribution is -0.128. The second kappa shape index (κ2) is 7.63.